The number of nitrogens with one attached hydrogen (secondary N) is 1. The normalized spacial score (nSPS) is 12.0. The maximum atomic E-state index is 12.5. The number of ether oxygens (including phenoxy) is 2. The molecule has 28 heavy (non-hydrogen) atoms. The molecule has 0 aliphatic carbocycles. The molecule has 0 radical (unpaired) electrons. The first-order chi connectivity index (χ1) is 13.6. The molecule has 1 atom stereocenters. The van der Waals surface area contributed by atoms with Crippen LogP contribution in [0.15, 0.2) is 41.8 Å². The van der Waals surface area contributed by atoms with E-state index in [1.165, 1.54) is 18.1 Å². The van der Waals surface area contributed by atoms with Gasteiger partial charge in [0.1, 0.15) is 6.07 Å². The van der Waals surface area contributed by atoms with Crippen LogP contribution in [0.4, 0.5) is 0 Å². The quantitative estimate of drug-likeness (QED) is 0.574. The average molecular weight is 399 g/mol. The van der Waals surface area contributed by atoms with E-state index in [9.17, 15) is 4.79 Å². The number of hydrogen-bond acceptors (Lipinski definition) is 5. The van der Waals surface area contributed by atoms with Crippen LogP contribution in [0, 0.1) is 17.2 Å². The van der Waals surface area contributed by atoms with Crippen LogP contribution in [0.3, 0.4) is 0 Å². The lowest BCUT2D eigenvalue weighted by atomic mass is 9.93. The van der Waals surface area contributed by atoms with E-state index in [1.807, 2.05) is 23.6 Å². The number of amides is 1. The second kappa shape index (κ2) is 11.2. The summed E-state index contributed by atoms with van der Waals surface area (Å²) < 4.78 is 10.6. The lowest BCUT2D eigenvalue weighted by Crippen LogP contribution is -2.31. The van der Waals surface area contributed by atoms with Gasteiger partial charge in [-0.1, -0.05) is 38.8 Å². The Labute approximate surface area is 170 Å². The first-order valence-corrected chi connectivity index (χ1v) is 10.2. The number of methoxy groups -OCH3 is 1. The topological polar surface area (TPSA) is 71.3 Å². The smallest absolute Gasteiger partial charge is 0.244 e. The van der Waals surface area contributed by atoms with Crippen molar-refractivity contribution in [3.63, 3.8) is 0 Å². The molecular weight excluding hydrogens is 372 g/mol. The van der Waals surface area contributed by atoms with Crippen LogP contribution >= 0.6 is 11.3 Å². The molecule has 148 valence electrons. The molecule has 0 aliphatic heterocycles. The fourth-order valence-corrected chi connectivity index (χ4v) is 3.91. The van der Waals surface area contributed by atoms with Crippen LogP contribution in [0.25, 0.3) is 6.08 Å². The summed E-state index contributed by atoms with van der Waals surface area (Å²) in [4.78, 5) is 13.7. The van der Waals surface area contributed by atoms with Crippen LogP contribution in [0.2, 0.25) is 0 Å². The summed E-state index contributed by atoms with van der Waals surface area (Å²) in [7, 11) is 1.54. The van der Waals surface area contributed by atoms with Crippen molar-refractivity contribution in [3.8, 4) is 17.6 Å². The highest BCUT2D eigenvalue weighted by molar-refractivity contribution is 7.10. The van der Waals surface area contributed by atoms with Gasteiger partial charge in [-0.3, -0.25) is 4.79 Å². The van der Waals surface area contributed by atoms with Gasteiger partial charge in [0, 0.05) is 11.0 Å². The van der Waals surface area contributed by atoms with Crippen LogP contribution in [-0.4, -0.2) is 19.6 Å². The van der Waals surface area contributed by atoms with Gasteiger partial charge in [0.25, 0.3) is 0 Å². The molecule has 2 rings (SSSR count). The van der Waals surface area contributed by atoms with Crippen LogP contribution < -0.4 is 14.8 Å². The first kappa shape index (κ1) is 21.5. The number of hydrogen-bond donors (Lipinski definition) is 1. The molecule has 0 saturated heterocycles. The number of nitrogens with zero attached hydrogens (tertiary/aromatic N) is 1. The monoisotopic (exact) mass is 398 g/mol. The summed E-state index contributed by atoms with van der Waals surface area (Å²) in [5.41, 5.74) is 0.812. The summed E-state index contributed by atoms with van der Waals surface area (Å²) in [6, 6.07) is 11.3. The Bertz CT molecular complexity index is 821. The van der Waals surface area contributed by atoms with Gasteiger partial charge < -0.3 is 14.8 Å². The summed E-state index contributed by atoms with van der Waals surface area (Å²) in [6.07, 6.45) is 5.28. The SMILES string of the molecule is CCC(CC)C(NC(=O)/C=C/c1ccc(OCC#N)c(OC)c1)c1cccs1. The van der Waals surface area contributed by atoms with Gasteiger partial charge in [-0.15, -0.1) is 11.3 Å². The van der Waals surface area contributed by atoms with E-state index in [1.54, 1.807) is 29.5 Å². The third kappa shape index (κ3) is 5.86. The van der Waals surface area contributed by atoms with Gasteiger partial charge in [-0.2, -0.15) is 5.26 Å². The zero-order chi connectivity index (χ0) is 20.4. The number of nitriles is 1. The van der Waals surface area contributed by atoms with Crippen molar-refractivity contribution in [2.75, 3.05) is 13.7 Å². The molecule has 1 heterocycles. The Morgan fingerprint density at radius 2 is 2.07 bits per heavy atom. The van der Waals surface area contributed by atoms with Crippen molar-refractivity contribution in [2.45, 2.75) is 32.7 Å². The summed E-state index contributed by atoms with van der Waals surface area (Å²) in [5.74, 6) is 1.28. The molecule has 1 N–H and O–H groups in total. The van der Waals surface area contributed by atoms with Crippen molar-refractivity contribution in [2.24, 2.45) is 5.92 Å². The van der Waals surface area contributed by atoms with Crippen molar-refractivity contribution in [1.29, 1.82) is 5.26 Å². The van der Waals surface area contributed by atoms with Gasteiger partial charge in [0.05, 0.1) is 13.2 Å². The highest BCUT2D eigenvalue weighted by atomic mass is 32.1. The Morgan fingerprint density at radius 1 is 1.29 bits per heavy atom. The molecule has 1 unspecified atom stereocenters. The number of benzene rings is 1. The van der Waals surface area contributed by atoms with E-state index < -0.39 is 0 Å². The Balaban J connectivity index is 2.10. The maximum absolute atomic E-state index is 12.5. The van der Waals surface area contributed by atoms with Gasteiger partial charge >= 0.3 is 0 Å². The number of carbonyl (C=O) groups is 1. The number of carbonyl (C=O) groups excluding carboxylic acids is 1. The number of rotatable bonds is 10. The van der Waals surface area contributed by atoms with Gasteiger partial charge in [-0.25, -0.2) is 0 Å². The Hall–Kier alpha value is -2.78. The first-order valence-electron chi connectivity index (χ1n) is 9.32. The van der Waals surface area contributed by atoms with Crippen molar-refractivity contribution in [3.05, 3.63) is 52.2 Å². The highest BCUT2D eigenvalue weighted by Gasteiger charge is 2.22. The van der Waals surface area contributed by atoms with Crippen molar-refractivity contribution >= 4 is 23.3 Å². The standard InChI is InChI=1S/C22H26N2O3S/c1-4-17(5-2)22(20-7-6-14-28-20)24-21(25)11-9-16-8-10-18(27-13-12-23)19(15-16)26-3/h6-11,14-15,17,22H,4-5,13H2,1-3H3,(H,24,25)/b11-9+. The lowest BCUT2D eigenvalue weighted by molar-refractivity contribution is -0.117. The van der Waals surface area contributed by atoms with E-state index in [0.717, 1.165) is 18.4 Å². The number of thiophene rings is 1. The molecule has 1 aromatic heterocycles. The molecule has 0 saturated carbocycles. The van der Waals surface area contributed by atoms with E-state index in [0.29, 0.717) is 17.4 Å². The van der Waals surface area contributed by atoms with E-state index in [2.05, 4.69) is 25.2 Å². The summed E-state index contributed by atoms with van der Waals surface area (Å²) in [6.45, 7) is 4.26. The second-order valence-electron chi connectivity index (χ2n) is 6.27. The largest absolute Gasteiger partial charge is 0.493 e. The van der Waals surface area contributed by atoms with Crippen molar-refractivity contribution < 1.29 is 14.3 Å². The van der Waals surface area contributed by atoms with E-state index >= 15 is 0 Å². The molecule has 0 aliphatic rings. The third-order valence-electron chi connectivity index (χ3n) is 4.57. The molecule has 0 fully saturated rings. The Kier molecular flexibility index (Phi) is 8.57. The highest BCUT2D eigenvalue weighted by Crippen LogP contribution is 2.31. The van der Waals surface area contributed by atoms with Crippen LogP contribution in [-0.2, 0) is 4.79 Å². The molecule has 0 bridgehead atoms. The van der Waals surface area contributed by atoms with Gasteiger partial charge in [0.15, 0.2) is 18.1 Å². The maximum Gasteiger partial charge on any atom is 0.244 e. The Morgan fingerprint density at radius 3 is 2.68 bits per heavy atom. The minimum atomic E-state index is -0.130. The van der Waals surface area contributed by atoms with Crippen LogP contribution in [0.1, 0.15) is 43.2 Å². The molecule has 0 spiro atoms. The minimum absolute atomic E-state index is 0.0171. The zero-order valence-corrected chi connectivity index (χ0v) is 17.3. The molecular formula is C22H26N2O3S. The summed E-state index contributed by atoms with van der Waals surface area (Å²) >= 11 is 1.67. The van der Waals surface area contributed by atoms with Crippen molar-refractivity contribution in [1.82, 2.24) is 5.32 Å². The average Bonchev–Trinajstić information content (AvgIpc) is 3.25. The van der Waals surface area contributed by atoms with E-state index in [-0.39, 0.29) is 18.6 Å². The molecule has 5 nitrogen and oxygen atoms in total. The van der Waals surface area contributed by atoms with E-state index in [4.69, 9.17) is 14.7 Å². The fourth-order valence-electron chi connectivity index (χ4n) is 3.04. The lowest BCUT2D eigenvalue weighted by Gasteiger charge is -2.25. The summed E-state index contributed by atoms with van der Waals surface area (Å²) in [5, 5.41) is 13.8. The fraction of sp³-hybridized carbons (Fsp3) is 0.364. The zero-order valence-electron chi connectivity index (χ0n) is 16.5. The molecule has 1 amide bonds. The molecule has 6 heteroatoms. The third-order valence-corrected chi connectivity index (χ3v) is 5.53. The molecule has 1 aromatic carbocycles. The predicted molar refractivity (Wildman–Crippen MR) is 112 cm³/mol. The van der Waals surface area contributed by atoms with Gasteiger partial charge in [0.2, 0.25) is 5.91 Å². The second-order valence-corrected chi connectivity index (χ2v) is 7.25. The predicted octanol–water partition coefficient (Wildman–Crippen LogP) is 4.97. The van der Waals surface area contributed by atoms with Gasteiger partial charge in [-0.05, 0) is 41.1 Å². The van der Waals surface area contributed by atoms with Crippen LogP contribution in [0.5, 0.6) is 11.5 Å². The molecule has 2 aromatic rings. The minimum Gasteiger partial charge on any atom is -0.493 e.